The minimum absolute atomic E-state index is 0. The van der Waals surface area contributed by atoms with E-state index < -0.39 is 13.3 Å². The van der Waals surface area contributed by atoms with Gasteiger partial charge in [0.1, 0.15) is 0 Å². The minimum Gasteiger partial charge on any atom is -0.324 e. The second-order valence-corrected chi connectivity index (χ2v) is 9.69. The van der Waals surface area contributed by atoms with Crippen LogP contribution in [0.1, 0.15) is 108 Å². The van der Waals surface area contributed by atoms with Gasteiger partial charge in [0.05, 0.1) is 5.66 Å². The molecule has 2 unspecified atom stereocenters. The van der Waals surface area contributed by atoms with E-state index in [1.54, 1.807) is 0 Å². The Kier molecular flexibility index (Phi) is 16.8. The molecule has 0 aliphatic rings. The van der Waals surface area contributed by atoms with Gasteiger partial charge in [-0.1, -0.05) is 103 Å². The molecule has 0 spiro atoms. The molecule has 1 rings (SSSR count). The second-order valence-electron chi connectivity index (χ2n) is 7.96. The monoisotopic (exact) mass is 538 g/mol. The first-order valence-corrected chi connectivity index (χ1v) is 12.8. The van der Waals surface area contributed by atoms with Crippen molar-refractivity contribution in [1.82, 2.24) is 0 Å². The minimum atomic E-state index is -4.17. The summed E-state index contributed by atoms with van der Waals surface area (Å²) < 4.78 is 12.2. The van der Waals surface area contributed by atoms with Crippen molar-refractivity contribution in [3.63, 3.8) is 0 Å². The van der Waals surface area contributed by atoms with Crippen molar-refractivity contribution < 1.29 is 55.2 Å². The molecule has 0 aliphatic carbocycles. The van der Waals surface area contributed by atoms with Crippen LogP contribution < -0.4 is 0 Å². The van der Waals surface area contributed by atoms with Crippen molar-refractivity contribution in [2.24, 2.45) is 5.92 Å². The fourth-order valence-corrected chi connectivity index (χ4v) is 5.43. The molecular weight excluding hydrogens is 499 g/mol. The SMILES string of the molecule is CCCCCCCCCc1ccc(C(C(CC)CCCC)P(=O)(O)O)cc1.[Nd]. The Morgan fingerprint density at radius 3 is 1.86 bits per heavy atom. The molecule has 0 bridgehead atoms. The van der Waals surface area contributed by atoms with Crippen LogP contribution in [0.5, 0.6) is 0 Å². The first kappa shape index (κ1) is 28.7. The van der Waals surface area contributed by atoms with Crippen molar-refractivity contribution >= 4 is 7.60 Å². The van der Waals surface area contributed by atoms with Gasteiger partial charge in [0.2, 0.25) is 0 Å². The summed E-state index contributed by atoms with van der Waals surface area (Å²) in [5.41, 5.74) is 1.41. The molecule has 0 radical (unpaired) electrons. The molecule has 0 amide bonds. The molecule has 1 aromatic rings. The number of hydrogen-bond acceptors (Lipinski definition) is 1. The van der Waals surface area contributed by atoms with Crippen LogP contribution in [0.2, 0.25) is 0 Å². The summed E-state index contributed by atoms with van der Waals surface area (Å²) in [6, 6.07) is 8.05. The number of hydrogen-bond donors (Lipinski definition) is 2. The molecule has 0 saturated carbocycles. The molecule has 28 heavy (non-hydrogen) atoms. The average Bonchev–Trinajstić information content (AvgIpc) is 2.64. The van der Waals surface area contributed by atoms with Crippen LogP contribution in [0, 0.1) is 46.8 Å². The van der Waals surface area contributed by atoms with Gasteiger partial charge in [-0.2, -0.15) is 0 Å². The fraction of sp³-hybridized carbons (Fsp3) is 0.739. The zero-order valence-corrected chi connectivity index (χ0v) is 22.3. The summed E-state index contributed by atoms with van der Waals surface area (Å²) in [6.07, 6.45) is 13.9. The zero-order valence-electron chi connectivity index (χ0n) is 18.2. The summed E-state index contributed by atoms with van der Waals surface area (Å²) in [4.78, 5) is 19.9. The molecule has 3 nitrogen and oxygen atoms in total. The summed E-state index contributed by atoms with van der Waals surface area (Å²) >= 11 is 0. The van der Waals surface area contributed by atoms with E-state index in [9.17, 15) is 14.4 Å². The molecular formula is C23H41NdO3P. The van der Waals surface area contributed by atoms with Crippen LogP contribution in [0.3, 0.4) is 0 Å². The Labute approximate surface area is 206 Å². The van der Waals surface area contributed by atoms with E-state index in [0.29, 0.717) is 0 Å². The summed E-state index contributed by atoms with van der Waals surface area (Å²) in [6.45, 7) is 6.41. The molecule has 0 heterocycles. The van der Waals surface area contributed by atoms with E-state index >= 15 is 0 Å². The maximum atomic E-state index is 12.2. The van der Waals surface area contributed by atoms with Crippen LogP contribution in [0.25, 0.3) is 0 Å². The third-order valence-corrected chi connectivity index (χ3v) is 7.10. The van der Waals surface area contributed by atoms with E-state index in [2.05, 4.69) is 26.0 Å². The van der Waals surface area contributed by atoms with Crippen LogP contribution in [-0.2, 0) is 11.0 Å². The van der Waals surface area contributed by atoms with E-state index in [-0.39, 0.29) is 46.8 Å². The molecule has 1 aromatic carbocycles. The molecule has 5 heteroatoms. The first-order chi connectivity index (χ1) is 12.9. The smallest absolute Gasteiger partial charge is 0.324 e. The van der Waals surface area contributed by atoms with Crippen LogP contribution in [0.15, 0.2) is 24.3 Å². The largest absolute Gasteiger partial charge is 0.333 e. The Bertz CT molecular complexity index is 541. The zero-order chi connectivity index (χ0) is 20.1. The molecule has 160 valence electrons. The number of unbranched alkanes of at least 4 members (excludes halogenated alkanes) is 7. The van der Waals surface area contributed by atoms with Crippen LogP contribution >= 0.6 is 7.60 Å². The van der Waals surface area contributed by atoms with Crippen molar-refractivity contribution in [1.29, 1.82) is 0 Å². The van der Waals surface area contributed by atoms with Crippen molar-refractivity contribution in [2.45, 2.75) is 103 Å². The Morgan fingerprint density at radius 2 is 1.36 bits per heavy atom. The first-order valence-electron chi connectivity index (χ1n) is 11.1. The number of rotatable bonds is 15. The molecule has 0 fully saturated rings. The van der Waals surface area contributed by atoms with E-state index in [4.69, 9.17) is 0 Å². The van der Waals surface area contributed by atoms with E-state index in [0.717, 1.165) is 37.7 Å². The van der Waals surface area contributed by atoms with Gasteiger partial charge in [0, 0.05) is 40.8 Å². The Morgan fingerprint density at radius 1 is 0.821 bits per heavy atom. The quantitative estimate of drug-likeness (QED) is 0.180. The van der Waals surface area contributed by atoms with Gasteiger partial charge in [-0.15, -0.1) is 0 Å². The van der Waals surface area contributed by atoms with E-state index in [1.165, 1.54) is 50.5 Å². The maximum absolute atomic E-state index is 12.2. The van der Waals surface area contributed by atoms with Gasteiger partial charge in [-0.3, -0.25) is 4.57 Å². The predicted molar refractivity (Wildman–Crippen MR) is 116 cm³/mol. The van der Waals surface area contributed by atoms with Gasteiger partial charge in [0.15, 0.2) is 0 Å². The predicted octanol–water partition coefficient (Wildman–Crippen LogP) is 7.41. The number of aryl methyl sites for hydroxylation is 1. The van der Waals surface area contributed by atoms with Crippen LogP contribution in [-0.4, -0.2) is 9.79 Å². The molecule has 2 N–H and O–H groups in total. The van der Waals surface area contributed by atoms with Crippen LogP contribution in [0.4, 0.5) is 0 Å². The standard InChI is InChI=1S/C23H41O3P.Nd/c1-4-7-9-10-11-12-13-14-20-16-18-22(19-17-20)23(27(24,25)26)21(6-3)15-8-5-2;/h16-19,21,23H,4-15H2,1-3H3,(H2,24,25,26);. The fourth-order valence-electron chi connectivity index (χ4n) is 3.96. The van der Waals surface area contributed by atoms with Crippen molar-refractivity contribution in [2.75, 3.05) is 0 Å². The maximum Gasteiger partial charge on any atom is 0.333 e. The van der Waals surface area contributed by atoms with Crippen molar-refractivity contribution in [3.05, 3.63) is 35.4 Å². The molecule has 0 aliphatic heterocycles. The molecule has 0 aromatic heterocycles. The topological polar surface area (TPSA) is 57.5 Å². The van der Waals surface area contributed by atoms with Gasteiger partial charge < -0.3 is 9.79 Å². The third-order valence-electron chi connectivity index (χ3n) is 5.65. The Hall–Kier alpha value is 0.721. The van der Waals surface area contributed by atoms with Gasteiger partial charge in [-0.25, -0.2) is 0 Å². The van der Waals surface area contributed by atoms with Gasteiger partial charge >= 0.3 is 7.60 Å². The van der Waals surface area contributed by atoms with Gasteiger partial charge in [-0.05, 0) is 36.3 Å². The molecule has 0 saturated heterocycles. The molecule has 2 atom stereocenters. The van der Waals surface area contributed by atoms with Crippen molar-refractivity contribution in [3.8, 4) is 0 Å². The third kappa shape index (κ3) is 11.2. The second kappa shape index (κ2) is 16.4. The van der Waals surface area contributed by atoms with E-state index in [1.807, 2.05) is 19.1 Å². The summed E-state index contributed by atoms with van der Waals surface area (Å²) in [5, 5.41) is 0. The average molecular weight is 541 g/mol. The summed E-state index contributed by atoms with van der Waals surface area (Å²) in [5.74, 6) is 0.0414. The number of benzene rings is 1. The normalized spacial score (nSPS) is 13.8. The summed E-state index contributed by atoms with van der Waals surface area (Å²) in [7, 11) is -4.17. The Balaban J connectivity index is 0.00000729. The van der Waals surface area contributed by atoms with Gasteiger partial charge in [0.25, 0.3) is 0 Å².